The molecule has 3 heterocycles. The van der Waals surface area contributed by atoms with Gasteiger partial charge in [0.15, 0.2) is 0 Å². The molecule has 1 aromatic carbocycles. The number of nitrogens with zero attached hydrogens (tertiary/aromatic N) is 3. The van der Waals surface area contributed by atoms with Gasteiger partial charge in [-0.1, -0.05) is 25.1 Å². The molecule has 1 amide bonds. The van der Waals surface area contributed by atoms with Gasteiger partial charge in [0.25, 0.3) is 5.56 Å². The van der Waals surface area contributed by atoms with Gasteiger partial charge in [-0.3, -0.25) is 14.2 Å². The summed E-state index contributed by atoms with van der Waals surface area (Å²) in [5.74, 6) is -0.220. The smallest absolute Gasteiger partial charge is 0.272 e. The zero-order valence-corrected chi connectivity index (χ0v) is 16.7. The molecule has 0 saturated carbocycles. The number of hydrogen-bond acceptors (Lipinski definition) is 5. The number of benzene rings is 1. The molecule has 0 aliphatic rings. The first-order chi connectivity index (χ1) is 13.5. The highest BCUT2D eigenvalue weighted by molar-refractivity contribution is 7.25. The number of nitrogens with one attached hydrogen (secondary N) is 1. The van der Waals surface area contributed by atoms with Crippen molar-refractivity contribution in [2.24, 2.45) is 0 Å². The molecule has 142 valence electrons. The van der Waals surface area contributed by atoms with Crippen molar-refractivity contribution in [3.63, 3.8) is 0 Å². The zero-order chi connectivity index (χ0) is 19.8. The Hall–Kier alpha value is -3.06. The van der Waals surface area contributed by atoms with E-state index in [1.807, 2.05) is 51.1 Å². The summed E-state index contributed by atoms with van der Waals surface area (Å²) in [6, 6.07) is 8.95. The molecule has 4 rings (SSSR count). The quantitative estimate of drug-likeness (QED) is 0.564. The van der Waals surface area contributed by atoms with Crippen molar-refractivity contribution in [2.45, 2.75) is 33.2 Å². The normalized spacial score (nSPS) is 12.4. The van der Waals surface area contributed by atoms with E-state index in [4.69, 9.17) is 0 Å². The van der Waals surface area contributed by atoms with E-state index in [9.17, 15) is 9.59 Å². The number of pyridine rings is 1. The summed E-state index contributed by atoms with van der Waals surface area (Å²) >= 11 is 1.31. The predicted octanol–water partition coefficient (Wildman–Crippen LogP) is 4.21. The van der Waals surface area contributed by atoms with Crippen LogP contribution >= 0.6 is 11.3 Å². The summed E-state index contributed by atoms with van der Waals surface area (Å²) in [6.07, 6.45) is 3.65. The Kier molecular flexibility index (Phi) is 4.68. The molecule has 0 fully saturated rings. The number of amides is 1. The lowest BCUT2D eigenvalue weighted by atomic mass is 10.1. The van der Waals surface area contributed by atoms with E-state index in [0.717, 1.165) is 27.0 Å². The molecule has 0 aliphatic heterocycles. The number of carbonyl (C=O) groups excluding carboxylic acids is 1. The number of thiophene rings is 1. The van der Waals surface area contributed by atoms with E-state index in [1.165, 1.54) is 22.2 Å². The SMILES string of the molecule is CCC(C(=O)Nc1c(C)cccc1C)n1cnc2c(sc3ncccc32)c1=O. The summed E-state index contributed by atoms with van der Waals surface area (Å²) < 4.78 is 1.95. The maximum atomic E-state index is 13.1. The van der Waals surface area contributed by atoms with Crippen LogP contribution in [0, 0.1) is 13.8 Å². The summed E-state index contributed by atoms with van der Waals surface area (Å²) in [5.41, 5.74) is 3.19. The monoisotopic (exact) mass is 392 g/mol. The minimum atomic E-state index is -0.637. The van der Waals surface area contributed by atoms with Crippen LogP contribution in [0.25, 0.3) is 20.4 Å². The van der Waals surface area contributed by atoms with Crippen LogP contribution in [0.2, 0.25) is 0 Å². The fourth-order valence-corrected chi connectivity index (χ4v) is 4.46. The Morgan fingerprint density at radius 3 is 2.64 bits per heavy atom. The minimum absolute atomic E-state index is 0.212. The molecule has 0 bridgehead atoms. The van der Waals surface area contributed by atoms with E-state index in [1.54, 1.807) is 6.20 Å². The van der Waals surface area contributed by atoms with Crippen molar-refractivity contribution in [3.8, 4) is 0 Å². The second-order valence-corrected chi connectivity index (χ2v) is 7.77. The first kappa shape index (κ1) is 18.3. The fraction of sp³-hybridized carbons (Fsp3) is 0.238. The van der Waals surface area contributed by atoms with Gasteiger partial charge in [0, 0.05) is 17.3 Å². The average Bonchev–Trinajstić information content (AvgIpc) is 3.07. The van der Waals surface area contributed by atoms with Crippen molar-refractivity contribution in [2.75, 3.05) is 5.32 Å². The van der Waals surface area contributed by atoms with Gasteiger partial charge in [0.1, 0.15) is 15.6 Å². The molecule has 1 N–H and O–H groups in total. The number of anilines is 1. The van der Waals surface area contributed by atoms with Crippen LogP contribution in [-0.2, 0) is 4.79 Å². The van der Waals surface area contributed by atoms with Crippen LogP contribution in [0.15, 0.2) is 47.7 Å². The van der Waals surface area contributed by atoms with Crippen LogP contribution in [0.3, 0.4) is 0 Å². The standard InChI is InChI=1S/C21H20N4O2S/c1-4-15(19(26)24-16-12(2)7-5-8-13(16)3)25-11-23-17-14-9-6-10-22-20(14)28-18(17)21(25)27/h5-11,15H,4H2,1-3H3,(H,24,26). The number of fused-ring (bicyclic) bond motifs is 3. The van der Waals surface area contributed by atoms with Gasteiger partial charge in [-0.25, -0.2) is 9.97 Å². The second kappa shape index (κ2) is 7.16. The highest BCUT2D eigenvalue weighted by atomic mass is 32.1. The number of carbonyl (C=O) groups is 1. The number of aromatic nitrogens is 3. The maximum absolute atomic E-state index is 13.1. The Balaban J connectivity index is 1.76. The molecule has 0 spiro atoms. The van der Waals surface area contributed by atoms with Gasteiger partial charge in [0.2, 0.25) is 5.91 Å². The van der Waals surface area contributed by atoms with Crippen LogP contribution in [0.4, 0.5) is 5.69 Å². The van der Waals surface area contributed by atoms with Crippen molar-refractivity contribution in [1.82, 2.24) is 14.5 Å². The van der Waals surface area contributed by atoms with Gasteiger partial charge < -0.3 is 5.32 Å². The Labute approximate surface area is 165 Å². The summed E-state index contributed by atoms with van der Waals surface area (Å²) in [7, 11) is 0. The van der Waals surface area contributed by atoms with Gasteiger partial charge >= 0.3 is 0 Å². The summed E-state index contributed by atoms with van der Waals surface area (Å²) in [6.45, 7) is 5.79. The molecule has 28 heavy (non-hydrogen) atoms. The molecule has 1 unspecified atom stereocenters. The average molecular weight is 392 g/mol. The fourth-order valence-electron chi connectivity index (χ4n) is 3.43. The lowest BCUT2D eigenvalue weighted by molar-refractivity contribution is -0.119. The first-order valence-electron chi connectivity index (χ1n) is 9.12. The van der Waals surface area contributed by atoms with Gasteiger partial charge in [-0.15, -0.1) is 11.3 Å². The summed E-state index contributed by atoms with van der Waals surface area (Å²) in [5, 5.41) is 3.86. The largest absolute Gasteiger partial charge is 0.324 e. The topological polar surface area (TPSA) is 76.9 Å². The Morgan fingerprint density at radius 1 is 1.18 bits per heavy atom. The Morgan fingerprint density at radius 2 is 1.93 bits per heavy atom. The number of para-hydroxylation sites is 1. The van der Waals surface area contributed by atoms with Crippen molar-refractivity contribution in [1.29, 1.82) is 0 Å². The zero-order valence-electron chi connectivity index (χ0n) is 15.9. The third-order valence-corrected chi connectivity index (χ3v) is 6.03. The van der Waals surface area contributed by atoms with Gasteiger partial charge in [0.05, 0.1) is 11.8 Å². The van der Waals surface area contributed by atoms with Crippen LogP contribution in [0.5, 0.6) is 0 Å². The van der Waals surface area contributed by atoms with Crippen molar-refractivity contribution in [3.05, 3.63) is 64.3 Å². The van der Waals surface area contributed by atoms with E-state index in [-0.39, 0.29) is 11.5 Å². The van der Waals surface area contributed by atoms with Gasteiger partial charge in [-0.2, -0.15) is 0 Å². The molecule has 0 aliphatic carbocycles. The maximum Gasteiger partial charge on any atom is 0.272 e. The van der Waals surface area contributed by atoms with E-state index < -0.39 is 6.04 Å². The van der Waals surface area contributed by atoms with Crippen molar-refractivity contribution >= 4 is 43.4 Å². The third-order valence-electron chi connectivity index (χ3n) is 4.93. The molecular weight excluding hydrogens is 372 g/mol. The first-order valence-corrected chi connectivity index (χ1v) is 9.94. The molecule has 7 heteroatoms. The third kappa shape index (κ3) is 2.97. The second-order valence-electron chi connectivity index (χ2n) is 6.77. The van der Waals surface area contributed by atoms with Crippen LogP contribution in [0.1, 0.15) is 30.5 Å². The van der Waals surface area contributed by atoms with E-state index in [0.29, 0.717) is 16.6 Å². The highest BCUT2D eigenvalue weighted by Gasteiger charge is 2.23. The Bertz CT molecular complexity index is 1240. The van der Waals surface area contributed by atoms with Crippen LogP contribution in [-0.4, -0.2) is 20.4 Å². The lowest BCUT2D eigenvalue weighted by Crippen LogP contribution is -2.33. The number of aryl methyl sites for hydroxylation is 2. The van der Waals surface area contributed by atoms with Gasteiger partial charge in [-0.05, 0) is 43.5 Å². The summed E-state index contributed by atoms with van der Waals surface area (Å²) in [4.78, 5) is 35.7. The van der Waals surface area contributed by atoms with Crippen LogP contribution < -0.4 is 10.9 Å². The van der Waals surface area contributed by atoms with Crippen molar-refractivity contribution < 1.29 is 4.79 Å². The molecule has 3 aromatic heterocycles. The highest BCUT2D eigenvalue weighted by Crippen LogP contribution is 2.29. The molecule has 0 radical (unpaired) electrons. The predicted molar refractivity (Wildman–Crippen MR) is 113 cm³/mol. The molecular formula is C21H20N4O2S. The molecule has 1 atom stereocenters. The lowest BCUT2D eigenvalue weighted by Gasteiger charge is -2.19. The van der Waals surface area contributed by atoms with E-state index in [2.05, 4.69) is 15.3 Å². The minimum Gasteiger partial charge on any atom is -0.324 e. The number of rotatable bonds is 4. The molecule has 6 nitrogen and oxygen atoms in total. The van der Waals surface area contributed by atoms with E-state index >= 15 is 0 Å². The molecule has 4 aromatic rings. The molecule has 0 saturated heterocycles. The number of hydrogen-bond donors (Lipinski definition) is 1.